The number of piperidine rings is 1. The van der Waals surface area contributed by atoms with Gasteiger partial charge in [0.2, 0.25) is 5.95 Å². The van der Waals surface area contributed by atoms with Crippen LogP contribution in [-0.4, -0.2) is 103 Å². The predicted molar refractivity (Wildman–Crippen MR) is 194 cm³/mol. The highest BCUT2D eigenvalue weighted by Crippen LogP contribution is 2.48. The Morgan fingerprint density at radius 1 is 0.979 bits per heavy atom. The average Bonchev–Trinajstić information content (AvgIpc) is 3.87. The molecule has 4 heterocycles. The summed E-state index contributed by atoms with van der Waals surface area (Å²) in [6.07, 6.45) is 9.75. The highest BCUT2D eigenvalue weighted by Gasteiger charge is 2.36. The third-order valence-corrected chi connectivity index (χ3v) is 11.8. The first-order valence-corrected chi connectivity index (χ1v) is 19.7. The molecule has 2 saturated heterocycles. The number of hydrogen-bond donors (Lipinski definition) is 2. The number of hydrogen-bond acceptors (Lipinski definition) is 11. The second-order valence-electron chi connectivity index (χ2n) is 13.6. The van der Waals surface area contributed by atoms with E-state index in [0.717, 1.165) is 24.5 Å². The van der Waals surface area contributed by atoms with Gasteiger partial charge < -0.3 is 29.7 Å². The van der Waals surface area contributed by atoms with Gasteiger partial charge in [-0.2, -0.15) is 4.98 Å². The Hall–Kier alpha value is -3.31. The van der Waals surface area contributed by atoms with Gasteiger partial charge in [-0.15, -0.1) is 0 Å². The van der Waals surface area contributed by atoms with Gasteiger partial charge in [0, 0.05) is 68.6 Å². The summed E-state index contributed by atoms with van der Waals surface area (Å²) < 4.78 is 20.1. The quantitative estimate of drug-likeness (QED) is 0.188. The van der Waals surface area contributed by atoms with E-state index in [1.807, 2.05) is 12.1 Å². The molecule has 13 heteroatoms. The first kappa shape index (κ1) is 32.2. The molecule has 47 heavy (non-hydrogen) atoms. The van der Waals surface area contributed by atoms with Crippen molar-refractivity contribution in [1.82, 2.24) is 29.7 Å². The van der Waals surface area contributed by atoms with E-state index in [-0.39, 0.29) is 0 Å². The fraction of sp³-hybridized carbons (Fsp3) is 0.471. The fourth-order valence-corrected chi connectivity index (χ4v) is 8.55. The lowest BCUT2D eigenvalue weighted by Crippen LogP contribution is -2.62. The van der Waals surface area contributed by atoms with Gasteiger partial charge in [-0.25, -0.2) is 4.98 Å². The van der Waals surface area contributed by atoms with Crippen molar-refractivity contribution in [2.24, 2.45) is 0 Å². The van der Waals surface area contributed by atoms with E-state index in [9.17, 15) is 4.57 Å². The molecule has 0 amide bonds. The molecule has 7 rings (SSSR count). The Bertz CT molecular complexity index is 1830. The molecular weight excluding hydrogens is 677 g/mol. The van der Waals surface area contributed by atoms with Crippen LogP contribution >= 0.6 is 23.1 Å². The SMILES string of the molecule is COc1cc(N2CCC(N3CC(N(C)C)C3)CC2)c(C2CC2)cc1Nc1ncc(Br)c(Nc2ccc3nccnc3c2P(C)(C)=O)n1. The molecule has 1 saturated carbocycles. The number of nitrogens with zero attached hydrogens (tertiary/aromatic N) is 7. The molecule has 3 aliphatic rings. The molecule has 4 aromatic rings. The van der Waals surface area contributed by atoms with Crippen LogP contribution in [0.15, 0.2) is 47.3 Å². The van der Waals surface area contributed by atoms with Crippen LogP contribution in [0.5, 0.6) is 5.75 Å². The molecule has 1 aliphatic carbocycles. The standard InChI is InChI=1S/C34H43BrN9O2P/c1-42(2)23-19-44(20-23)22-10-14-43(15-11-22)29-17-30(46-3)28(16-24(29)21-6-7-21)40-34-38-18-25(35)33(41-34)39-27-9-8-26-31(37-13-12-36-26)32(27)47(4,5)45/h8-9,12-13,16-18,21-23H,6-7,10-11,14-15,19-20H2,1-5H3,(H2,38,39,40,41). The van der Waals surface area contributed by atoms with E-state index in [2.05, 4.69) is 82.4 Å². The highest BCUT2D eigenvalue weighted by atomic mass is 79.9. The summed E-state index contributed by atoms with van der Waals surface area (Å²) in [4.78, 5) is 25.9. The minimum atomic E-state index is -2.73. The number of methoxy groups -OCH3 is 1. The van der Waals surface area contributed by atoms with Crippen LogP contribution in [0.4, 0.5) is 28.8 Å². The summed E-state index contributed by atoms with van der Waals surface area (Å²) in [5.74, 6) is 2.28. The number of anilines is 5. The molecule has 0 unspecified atom stereocenters. The maximum atomic E-state index is 13.4. The first-order chi connectivity index (χ1) is 22.6. The maximum absolute atomic E-state index is 13.4. The molecule has 2 aliphatic heterocycles. The lowest BCUT2D eigenvalue weighted by molar-refractivity contribution is 0.0188. The van der Waals surface area contributed by atoms with Gasteiger partial charge in [0.05, 0.1) is 33.8 Å². The smallest absolute Gasteiger partial charge is 0.229 e. The first-order valence-electron chi connectivity index (χ1n) is 16.3. The van der Waals surface area contributed by atoms with Crippen LogP contribution in [0.1, 0.15) is 37.2 Å². The Morgan fingerprint density at radius 2 is 1.72 bits per heavy atom. The molecule has 11 nitrogen and oxygen atoms in total. The van der Waals surface area contributed by atoms with Gasteiger partial charge in [-0.3, -0.25) is 14.9 Å². The zero-order valence-electron chi connectivity index (χ0n) is 27.7. The number of likely N-dealkylation sites (tertiary alicyclic amines) is 1. The average molecular weight is 721 g/mol. The van der Waals surface area contributed by atoms with E-state index >= 15 is 0 Å². The summed E-state index contributed by atoms with van der Waals surface area (Å²) in [7, 11) is 3.35. The lowest BCUT2D eigenvalue weighted by Gasteiger charge is -2.49. The van der Waals surface area contributed by atoms with Crippen molar-refractivity contribution in [3.63, 3.8) is 0 Å². The maximum Gasteiger partial charge on any atom is 0.229 e. The van der Waals surface area contributed by atoms with Crippen LogP contribution in [0.3, 0.4) is 0 Å². The Morgan fingerprint density at radius 3 is 2.40 bits per heavy atom. The molecular formula is C34H43BrN9O2P. The van der Waals surface area contributed by atoms with E-state index < -0.39 is 7.14 Å². The Balaban J connectivity index is 1.12. The van der Waals surface area contributed by atoms with Gasteiger partial charge in [0.1, 0.15) is 24.2 Å². The highest BCUT2D eigenvalue weighted by molar-refractivity contribution is 9.10. The van der Waals surface area contributed by atoms with Crippen LogP contribution in [-0.2, 0) is 4.57 Å². The van der Waals surface area contributed by atoms with E-state index in [1.54, 1.807) is 39.0 Å². The Labute approximate surface area is 285 Å². The number of aromatic nitrogens is 4. The number of benzene rings is 2. The van der Waals surface area contributed by atoms with Crippen molar-refractivity contribution in [2.45, 2.75) is 43.7 Å². The molecule has 248 valence electrons. The van der Waals surface area contributed by atoms with Crippen molar-refractivity contribution < 1.29 is 9.30 Å². The van der Waals surface area contributed by atoms with Crippen LogP contribution in [0.2, 0.25) is 0 Å². The molecule has 0 spiro atoms. The van der Waals surface area contributed by atoms with Crippen LogP contribution in [0.25, 0.3) is 11.0 Å². The molecule has 2 N–H and O–H groups in total. The third kappa shape index (κ3) is 6.70. The zero-order chi connectivity index (χ0) is 32.9. The summed E-state index contributed by atoms with van der Waals surface area (Å²) in [6.45, 7) is 7.96. The summed E-state index contributed by atoms with van der Waals surface area (Å²) in [5.41, 5.74) is 5.48. The topological polar surface area (TPSA) is 112 Å². The molecule has 2 aromatic carbocycles. The third-order valence-electron chi connectivity index (χ3n) is 9.70. The molecule has 0 atom stereocenters. The molecule has 0 bridgehead atoms. The van der Waals surface area contributed by atoms with E-state index in [4.69, 9.17) is 9.72 Å². The fourth-order valence-electron chi connectivity index (χ4n) is 6.86. The second-order valence-corrected chi connectivity index (χ2v) is 17.6. The van der Waals surface area contributed by atoms with Gasteiger partial charge in [-0.1, -0.05) is 0 Å². The monoisotopic (exact) mass is 719 g/mol. The second kappa shape index (κ2) is 13.0. The van der Waals surface area contributed by atoms with Gasteiger partial charge >= 0.3 is 0 Å². The van der Waals surface area contributed by atoms with Gasteiger partial charge in [0.15, 0.2) is 0 Å². The van der Waals surface area contributed by atoms with Gasteiger partial charge in [-0.05, 0) is 98.7 Å². The van der Waals surface area contributed by atoms with Gasteiger partial charge in [0.25, 0.3) is 0 Å². The molecule has 2 aromatic heterocycles. The van der Waals surface area contributed by atoms with Crippen LogP contribution < -0.4 is 25.6 Å². The number of ether oxygens (including phenoxy) is 1. The van der Waals surface area contributed by atoms with Crippen molar-refractivity contribution >= 4 is 68.2 Å². The van der Waals surface area contributed by atoms with Crippen molar-refractivity contribution in [3.8, 4) is 5.75 Å². The summed E-state index contributed by atoms with van der Waals surface area (Å²) >= 11 is 3.60. The predicted octanol–water partition coefficient (Wildman–Crippen LogP) is 6.02. The summed E-state index contributed by atoms with van der Waals surface area (Å²) in [6, 6.07) is 9.55. The summed E-state index contributed by atoms with van der Waals surface area (Å²) in [5, 5.41) is 7.47. The largest absolute Gasteiger partial charge is 0.494 e. The zero-order valence-corrected chi connectivity index (χ0v) is 30.2. The van der Waals surface area contributed by atoms with Crippen molar-refractivity contribution in [2.75, 3.05) is 76.2 Å². The molecule has 0 radical (unpaired) electrons. The number of likely N-dealkylation sites (N-methyl/N-ethyl adjacent to an activating group) is 1. The molecule has 3 fully saturated rings. The van der Waals surface area contributed by atoms with Crippen molar-refractivity contribution in [1.29, 1.82) is 0 Å². The number of nitrogens with one attached hydrogen (secondary N) is 2. The number of rotatable bonds is 10. The van der Waals surface area contributed by atoms with E-state index in [1.165, 1.54) is 50.0 Å². The normalized spacial score (nSPS) is 18.1. The minimum Gasteiger partial charge on any atom is -0.494 e. The number of halogens is 1. The van der Waals surface area contributed by atoms with Crippen molar-refractivity contribution in [3.05, 3.63) is 52.9 Å². The van der Waals surface area contributed by atoms with E-state index in [0.29, 0.717) is 56.3 Å². The minimum absolute atomic E-state index is 0.424. The lowest BCUT2D eigenvalue weighted by atomic mass is 9.95. The Kier molecular flexibility index (Phi) is 8.89. The van der Waals surface area contributed by atoms with Crippen LogP contribution in [0, 0.1) is 0 Å². The number of fused-ring (bicyclic) bond motifs is 1.